The van der Waals surface area contributed by atoms with E-state index in [1.54, 1.807) is 25.1 Å². The summed E-state index contributed by atoms with van der Waals surface area (Å²) in [6.45, 7) is 7.96. The van der Waals surface area contributed by atoms with Crippen LogP contribution in [0.3, 0.4) is 0 Å². The van der Waals surface area contributed by atoms with E-state index in [1.165, 1.54) is 0 Å². The van der Waals surface area contributed by atoms with Crippen LogP contribution in [0, 0.1) is 13.8 Å². The number of unbranched alkanes of at least 4 members (excludes halogenated alkanes) is 1. The van der Waals surface area contributed by atoms with E-state index < -0.39 is 42.2 Å². The molecule has 0 saturated heterocycles. The molecule has 4 nitrogen and oxygen atoms in total. The molecule has 39 heavy (non-hydrogen) atoms. The topological polar surface area (TPSA) is 66.8 Å². The number of carbonyl (C=O) groups is 1. The maximum Gasteiger partial charge on any atom is 0.426 e. The van der Waals surface area contributed by atoms with E-state index in [0.29, 0.717) is 49.2 Å². The average Bonchev–Trinajstić information content (AvgIpc) is 2.83. The smallest absolute Gasteiger partial charge is 0.426 e. The zero-order chi connectivity index (χ0) is 29.6. The van der Waals surface area contributed by atoms with Gasteiger partial charge in [-0.2, -0.15) is 26.3 Å². The van der Waals surface area contributed by atoms with Crippen molar-refractivity contribution < 1.29 is 46.1 Å². The molecule has 0 unspecified atom stereocenters. The van der Waals surface area contributed by atoms with E-state index in [4.69, 9.17) is 9.84 Å². The van der Waals surface area contributed by atoms with Gasteiger partial charge in [0.2, 0.25) is 0 Å². The van der Waals surface area contributed by atoms with Crippen LogP contribution in [0.1, 0.15) is 80.2 Å². The van der Waals surface area contributed by atoms with Crippen LogP contribution in [0.5, 0.6) is 5.75 Å². The Morgan fingerprint density at radius 1 is 0.846 bits per heavy atom. The lowest BCUT2D eigenvalue weighted by molar-refractivity contribution is -0.369. The number of carboxylic acid groups (broad SMARTS) is 1. The van der Waals surface area contributed by atoms with Crippen molar-refractivity contribution in [3.05, 3.63) is 64.2 Å². The molecule has 0 aromatic heterocycles. The Bertz CT molecular complexity index is 1110. The predicted molar refractivity (Wildman–Crippen MR) is 136 cm³/mol. The highest BCUT2D eigenvalue weighted by Crippen LogP contribution is 2.46. The van der Waals surface area contributed by atoms with Gasteiger partial charge in [-0.25, -0.2) is 0 Å². The Hall–Kier alpha value is -2.75. The van der Waals surface area contributed by atoms with Crippen molar-refractivity contribution in [2.24, 2.45) is 0 Å². The molecule has 0 amide bonds. The number of aliphatic carboxylic acids is 1. The lowest BCUT2D eigenvalue weighted by Crippen LogP contribution is -2.57. The van der Waals surface area contributed by atoms with E-state index >= 15 is 0 Å². The number of carboxylic acids is 1. The van der Waals surface area contributed by atoms with Crippen LogP contribution in [-0.4, -0.2) is 40.7 Å². The number of rotatable bonds is 13. The van der Waals surface area contributed by atoms with Gasteiger partial charge in [0.1, 0.15) is 5.75 Å². The molecule has 0 aliphatic heterocycles. The molecule has 2 aromatic carbocycles. The van der Waals surface area contributed by atoms with Crippen molar-refractivity contribution >= 4 is 5.97 Å². The summed E-state index contributed by atoms with van der Waals surface area (Å²) in [6.07, 6.45) is -11.2. The molecule has 2 aromatic rings. The number of hydrogen-bond donors (Lipinski definition) is 2. The first kappa shape index (κ1) is 32.5. The van der Waals surface area contributed by atoms with Crippen LogP contribution in [0.2, 0.25) is 0 Å². The van der Waals surface area contributed by atoms with Crippen molar-refractivity contribution in [3.8, 4) is 5.75 Å². The first-order valence-corrected chi connectivity index (χ1v) is 12.9. The average molecular weight is 563 g/mol. The van der Waals surface area contributed by atoms with Crippen molar-refractivity contribution in [3.63, 3.8) is 0 Å². The van der Waals surface area contributed by atoms with Gasteiger partial charge in [0.25, 0.3) is 5.60 Å². The third kappa shape index (κ3) is 7.26. The summed E-state index contributed by atoms with van der Waals surface area (Å²) < 4.78 is 84.4. The lowest BCUT2D eigenvalue weighted by atomic mass is 9.69. The molecule has 0 fully saturated rings. The van der Waals surface area contributed by atoms with Crippen molar-refractivity contribution in [2.45, 2.75) is 96.0 Å². The molecule has 0 aliphatic rings. The van der Waals surface area contributed by atoms with Gasteiger partial charge in [-0.15, -0.1) is 0 Å². The fourth-order valence-electron chi connectivity index (χ4n) is 4.94. The summed E-state index contributed by atoms with van der Waals surface area (Å²) in [5.74, 6) is -0.165. The highest BCUT2D eigenvalue weighted by Gasteiger charge is 2.69. The van der Waals surface area contributed by atoms with Crippen LogP contribution in [-0.2, 0) is 16.6 Å². The van der Waals surface area contributed by atoms with Crippen molar-refractivity contribution in [2.75, 3.05) is 6.61 Å². The van der Waals surface area contributed by atoms with E-state index in [-0.39, 0.29) is 6.42 Å². The number of halogens is 6. The Labute approximate surface area is 225 Å². The summed E-state index contributed by atoms with van der Waals surface area (Å²) in [5.41, 5.74) is -1.61. The minimum Gasteiger partial charge on any atom is -0.493 e. The van der Waals surface area contributed by atoms with E-state index in [1.807, 2.05) is 39.0 Å². The van der Waals surface area contributed by atoms with Crippen LogP contribution in [0.15, 0.2) is 36.4 Å². The number of hydrogen-bond acceptors (Lipinski definition) is 3. The number of ether oxygens (including phenoxy) is 1. The highest BCUT2D eigenvalue weighted by molar-refractivity contribution is 5.66. The van der Waals surface area contributed by atoms with E-state index in [0.717, 1.165) is 16.7 Å². The van der Waals surface area contributed by atoms with Gasteiger partial charge in [-0.3, -0.25) is 4.79 Å². The SMILES string of the molecule is CCC(CC)(c1ccc(CCC(O)(C(F)(F)F)C(F)(F)F)c(C)c1)c1ccc(OCCCCC(=O)O)c(C)c1. The van der Waals surface area contributed by atoms with Gasteiger partial charge in [0, 0.05) is 11.8 Å². The first-order valence-electron chi connectivity index (χ1n) is 12.9. The highest BCUT2D eigenvalue weighted by atomic mass is 19.4. The Balaban J connectivity index is 2.29. The quantitative estimate of drug-likeness (QED) is 0.193. The Morgan fingerprint density at radius 3 is 1.85 bits per heavy atom. The zero-order valence-corrected chi connectivity index (χ0v) is 22.6. The van der Waals surface area contributed by atoms with Crippen LogP contribution in [0.25, 0.3) is 0 Å². The molecular formula is C29H36F6O4. The van der Waals surface area contributed by atoms with E-state index in [9.17, 15) is 36.2 Å². The summed E-state index contributed by atoms with van der Waals surface area (Å²) in [6, 6.07) is 10.9. The van der Waals surface area contributed by atoms with Gasteiger partial charge in [-0.1, -0.05) is 44.2 Å². The van der Waals surface area contributed by atoms with Crippen molar-refractivity contribution in [1.82, 2.24) is 0 Å². The van der Waals surface area contributed by atoms with Crippen molar-refractivity contribution in [1.29, 1.82) is 0 Å². The van der Waals surface area contributed by atoms with Gasteiger partial charge in [-0.05, 0) is 86.3 Å². The zero-order valence-electron chi connectivity index (χ0n) is 22.6. The summed E-state index contributed by atoms with van der Waals surface area (Å²) in [7, 11) is 0. The molecule has 0 saturated carbocycles. The van der Waals surface area contributed by atoms with Gasteiger partial charge in [0.05, 0.1) is 6.61 Å². The molecule has 0 atom stereocenters. The van der Waals surface area contributed by atoms with Gasteiger partial charge in [0.15, 0.2) is 0 Å². The molecule has 0 radical (unpaired) electrons. The maximum absolute atomic E-state index is 13.1. The Morgan fingerprint density at radius 2 is 1.38 bits per heavy atom. The first-order chi connectivity index (χ1) is 18.0. The number of aliphatic hydroxyl groups is 1. The molecule has 0 spiro atoms. The maximum atomic E-state index is 13.1. The second-order valence-electron chi connectivity index (χ2n) is 9.97. The molecule has 10 heteroatoms. The summed E-state index contributed by atoms with van der Waals surface area (Å²) in [4.78, 5) is 10.6. The molecule has 0 heterocycles. The second-order valence-corrected chi connectivity index (χ2v) is 9.97. The second kappa shape index (κ2) is 12.6. The normalized spacial score (nSPS) is 13.0. The number of benzene rings is 2. The largest absolute Gasteiger partial charge is 0.493 e. The van der Waals surface area contributed by atoms with Crippen LogP contribution in [0.4, 0.5) is 26.3 Å². The van der Waals surface area contributed by atoms with Crippen LogP contribution >= 0.6 is 0 Å². The van der Waals surface area contributed by atoms with Gasteiger partial charge >= 0.3 is 18.3 Å². The molecule has 218 valence electrons. The van der Waals surface area contributed by atoms with E-state index in [2.05, 4.69) is 0 Å². The molecule has 0 aliphatic carbocycles. The predicted octanol–water partition coefficient (Wildman–Crippen LogP) is 7.83. The Kier molecular flexibility index (Phi) is 10.5. The minimum absolute atomic E-state index is 0.0839. The summed E-state index contributed by atoms with van der Waals surface area (Å²) >= 11 is 0. The monoisotopic (exact) mass is 562 g/mol. The molecule has 0 bridgehead atoms. The molecule has 2 rings (SSSR count). The van der Waals surface area contributed by atoms with Gasteiger partial charge < -0.3 is 14.9 Å². The molecular weight excluding hydrogens is 526 g/mol. The standard InChI is InChI=1S/C29H36F6O4/c1-5-26(6-2,23-12-13-24(20(4)18-23)39-16-8-7-9-25(36)37)22-11-10-21(19(3)17-22)14-15-27(38,28(30,31)32)29(33,34)35/h10-13,17-18,38H,5-9,14-16H2,1-4H3,(H,36,37). The third-order valence-corrected chi connectivity index (χ3v) is 7.57. The minimum atomic E-state index is -5.84. The third-order valence-electron chi connectivity index (χ3n) is 7.57. The number of alkyl halides is 6. The fraction of sp³-hybridized carbons (Fsp3) is 0.552. The molecule has 2 N–H and O–H groups in total. The van der Waals surface area contributed by atoms with Crippen LogP contribution < -0.4 is 4.74 Å². The fourth-order valence-corrected chi connectivity index (χ4v) is 4.94. The lowest BCUT2D eigenvalue weighted by Gasteiger charge is -2.35. The number of aryl methyl sites for hydroxylation is 3. The summed E-state index contributed by atoms with van der Waals surface area (Å²) in [5, 5.41) is 18.3.